The van der Waals surface area contributed by atoms with Crippen LogP contribution < -0.4 is 5.32 Å². The number of hydrogen-bond acceptors (Lipinski definition) is 5. The Hall–Kier alpha value is -1.90. The molecule has 0 aromatic heterocycles. The van der Waals surface area contributed by atoms with Crippen molar-refractivity contribution in [2.75, 3.05) is 0 Å². The summed E-state index contributed by atoms with van der Waals surface area (Å²) < 4.78 is 5.35. The highest BCUT2D eigenvalue weighted by Crippen LogP contribution is 2.36. The lowest BCUT2D eigenvalue weighted by Crippen LogP contribution is -2.48. The molecule has 1 aliphatic heterocycles. The number of esters is 1. The maximum Gasteiger partial charge on any atom is 0.329 e. The predicted molar refractivity (Wildman–Crippen MR) is 82.9 cm³/mol. The van der Waals surface area contributed by atoms with Gasteiger partial charge in [0.05, 0.1) is 6.42 Å². The molecule has 1 atom stereocenters. The maximum atomic E-state index is 12.2. The monoisotopic (exact) mass is 307 g/mol. The molecule has 1 rings (SSSR count). The fourth-order valence-corrected chi connectivity index (χ4v) is 1.95. The van der Waals surface area contributed by atoms with Crippen molar-refractivity contribution in [3.05, 3.63) is 0 Å². The highest BCUT2D eigenvalue weighted by atomic mass is 16.6. The Morgan fingerprint density at radius 2 is 1.91 bits per heavy atom. The minimum absolute atomic E-state index is 0.0754. The highest BCUT2D eigenvalue weighted by molar-refractivity contribution is 5.85. The molecule has 1 amide bonds. The van der Waals surface area contributed by atoms with Crippen molar-refractivity contribution < 1.29 is 14.3 Å². The van der Waals surface area contributed by atoms with Gasteiger partial charge in [-0.1, -0.05) is 13.8 Å². The molecule has 0 radical (unpaired) electrons. The van der Waals surface area contributed by atoms with E-state index in [0.29, 0.717) is 12.8 Å². The number of hydrogen-bond donors (Lipinski definition) is 1. The lowest BCUT2D eigenvalue weighted by Gasteiger charge is -2.26. The van der Waals surface area contributed by atoms with Gasteiger partial charge in [0.15, 0.2) is 0 Å². The van der Waals surface area contributed by atoms with Crippen LogP contribution in [0.2, 0.25) is 0 Å². The van der Waals surface area contributed by atoms with E-state index in [1.807, 2.05) is 13.8 Å². The molecular formula is C16H25N3O3. The molecule has 22 heavy (non-hydrogen) atoms. The van der Waals surface area contributed by atoms with Gasteiger partial charge in [-0.15, -0.1) is 12.3 Å². The summed E-state index contributed by atoms with van der Waals surface area (Å²) in [7, 11) is 0. The SMILES string of the molecule is C#CCCC1(CC(=O)N[C@H](C(=O)OC(C)(C)C)C(C)C)N=N1. The highest BCUT2D eigenvalue weighted by Gasteiger charge is 2.42. The number of carbonyl (C=O) groups is 2. The third-order valence-corrected chi connectivity index (χ3v) is 3.14. The average Bonchev–Trinajstić information content (AvgIpc) is 3.11. The van der Waals surface area contributed by atoms with Crippen molar-refractivity contribution in [2.24, 2.45) is 16.1 Å². The minimum atomic E-state index is -0.689. The van der Waals surface area contributed by atoms with Crippen molar-refractivity contribution in [3.8, 4) is 12.3 Å². The zero-order valence-corrected chi connectivity index (χ0v) is 14.0. The molecule has 0 spiro atoms. The largest absolute Gasteiger partial charge is 0.458 e. The number of nitrogens with one attached hydrogen (secondary N) is 1. The molecule has 1 aliphatic rings. The van der Waals surface area contributed by atoms with Crippen LogP contribution in [0.1, 0.15) is 53.9 Å². The van der Waals surface area contributed by atoms with Crippen molar-refractivity contribution in [1.82, 2.24) is 5.32 Å². The molecule has 122 valence electrons. The molecule has 1 heterocycles. The third kappa shape index (κ3) is 5.84. The van der Waals surface area contributed by atoms with Crippen LogP contribution in [0.5, 0.6) is 0 Å². The number of ether oxygens (including phenoxy) is 1. The van der Waals surface area contributed by atoms with Gasteiger partial charge in [0, 0.05) is 12.8 Å². The summed E-state index contributed by atoms with van der Waals surface area (Å²) in [6.07, 6.45) is 6.40. The Bertz CT molecular complexity index is 492. The zero-order valence-electron chi connectivity index (χ0n) is 14.0. The summed E-state index contributed by atoms with van der Waals surface area (Å²) in [5.41, 5.74) is -1.28. The molecule has 0 bridgehead atoms. The summed E-state index contributed by atoms with van der Waals surface area (Å²) in [5, 5.41) is 10.6. The van der Waals surface area contributed by atoms with Crippen molar-refractivity contribution in [3.63, 3.8) is 0 Å². The second-order valence-corrected chi connectivity index (χ2v) is 6.89. The Balaban J connectivity index is 2.58. The zero-order chi connectivity index (χ0) is 17.0. The lowest BCUT2D eigenvalue weighted by molar-refractivity contribution is -0.160. The first kappa shape index (κ1) is 18.1. The van der Waals surface area contributed by atoms with Crippen LogP contribution in [0.4, 0.5) is 0 Å². The van der Waals surface area contributed by atoms with Crippen LogP contribution in [0.25, 0.3) is 0 Å². The lowest BCUT2D eigenvalue weighted by atomic mass is 10.0. The van der Waals surface area contributed by atoms with E-state index in [1.54, 1.807) is 20.8 Å². The van der Waals surface area contributed by atoms with Gasteiger partial charge in [0.2, 0.25) is 11.6 Å². The molecule has 6 heteroatoms. The van der Waals surface area contributed by atoms with E-state index in [1.165, 1.54) is 0 Å². The molecule has 0 aromatic carbocycles. The van der Waals surface area contributed by atoms with Crippen molar-refractivity contribution in [1.29, 1.82) is 0 Å². The molecule has 1 N–H and O–H groups in total. The number of amides is 1. The van der Waals surface area contributed by atoms with Gasteiger partial charge in [-0.05, 0) is 26.7 Å². The standard InChI is InChI=1S/C16H25N3O3/c1-7-8-9-16(18-19-16)10-12(20)17-13(11(2)3)14(21)22-15(4,5)6/h1,11,13H,8-10H2,2-6H3,(H,17,20)/t13-/m0/s1. The van der Waals surface area contributed by atoms with Gasteiger partial charge < -0.3 is 10.1 Å². The van der Waals surface area contributed by atoms with Gasteiger partial charge >= 0.3 is 5.97 Å². The second kappa shape index (κ2) is 6.91. The third-order valence-electron chi connectivity index (χ3n) is 3.14. The van der Waals surface area contributed by atoms with E-state index in [-0.39, 0.29) is 18.2 Å². The van der Waals surface area contributed by atoms with E-state index in [0.717, 1.165) is 0 Å². The summed E-state index contributed by atoms with van der Waals surface area (Å²) in [4.78, 5) is 24.3. The minimum Gasteiger partial charge on any atom is -0.458 e. The topological polar surface area (TPSA) is 80.1 Å². The van der Waals surface area contributed by atoms with E-state index in [4.69, 9.17) is 11.2 Å². The molecule has 0 unspecified atom stereocenters. The molecule has 0 fully saturated rings. The Morgan fingerprint density at radius 1 is 1.32 bits per heavy atom. The molecule has 0 aromatic rings. The number of terminal acetylenes is 1. The number of rotatable bonds is 7. The average molecular weight is 307 g/mol. The van der Waals surface area contributed by atoms with Crippen LogP contribution in [0.15, 0.2) is 10.2 Å². The van der Waals surface area contributed by atoms with E-state index >= 15 is 0 Å². The molecule has 0 aliphatic carbocycles. The van der Waals surface area contributed by atoms with Gasteiger partial charge in [0.25, 0.3) is 0 Å². The fourth-order valence-electron chi connectivity index (χ4n) is 1.95. The second-order valence-electron chi connectivity index (χ2n) is 6.89. The maximum absolute atomic E-state index is 12.2. The van der Waals surface area contributed by atoms with E-state index in [9.17, 15) is 9.59 Å². The van der Waals surface area contributed by atoms with Gasteiger partial charge in [-0.3, -0.25) is 4.79 Å². The van der Waals surface area contributed by atoms with Crippen molar-refractivity contribution in [2.45, 2.75) is 71.2 Å². The predicted octanol–water partition coefficient (Wildman–Crippen LogP) is 2.43. The normalized spacial score (nSPS) is 16.8. The molecule has 0 saturated heterocycles. The van der Waals surface area contributed by atoms with Crippen LogP contribution in [-0.4, -0.2) is 29.2 Å². The van der Waals surface area contributed by atoms with Gasteiger partial charge in [0.1, 0.15) is 11.6 Å². The fraction of sp³-hybridized carbons (Fsp3) is 0.750. The summed E-state index contributed by atoms with van der Waals surface area (Å²) in [6, 6.07) is -0.685. The van der Waals surface area contributed by atoms with Crippen LogP contribution in [-0.2, 0) is 14.3 Å². The molecular weight excluding hydrogens is 282 g/mol. The van der Waals surface area contributed by atoms with Crippen LogP contribution >= 0.6 is 0 Å². The summed E-state index contributed by atoms with van der Waals surface area (Å²) in [6.45, 7) is 9.09. The molecule has 0 saturated carbocycles. The van der Waals surface area contributed by atoms with Gasteiger partial charge in [-0.25, -0.2) is 4.79 Å². The first-order chi connectivity index (χ1) is 10.1. The Labute approximate surface area is 132 Å². The quantitative estimate of drug-likeness (QED) is 0.579. The smallest absolute Gasteiger partial charge is 0.329 e. The van der Waals surface area contributed by atoms with E-state index in [2.05, 4.69) is 21.5 Å². The van der Waals surface area contributed by atoms with Gasteiger partial charge in [-0.2, -0.15) is 10.2 Å². The molecule has 6 nitrogen and oxygen atoms in total. The number of carbonyl (C=O) groups excluding carboxylic acids is 2. The summed E-state index contributed by atoms with van der Waals surface area (Å²) in [5.74, 6) is 1.73. The first-order valence-corrected chi connectivity index (χ1v) is 7.48. The Kier molecular flexibility index (Phi) is 5.70. The Morgan fingerprint density at radius 3 is 2.32 bits per heavy atom. The summed E-state index contributed by atoms with van der Waals surface area (Å²) >= 11 is 0. The van der Waals surface area contributed by atoms with Crippen LogP contribution in [0, 0.1) is 18.3 Å². The first-order valence-electron chi connectivity index (χ1n) is 7.48. The van der Waals surface area contributed by atoms with Crippen molar-refractivity contribution >= 4 is 11.9 Å². The van der Waals surface area contributed by atoms with E-state index < -0.39 is 23.3 Å². The van der Waals surface area contributed by atoms with Crippen LogP contribution in [0.3, 0.4) is 0 Å². The number of nitrogens with zero attached hydrogens (tertiary/aromatic N) is 2.